The van der Waals surface area contributed by atoms with Crippen LogP contribution in [0.2, 0.25) is 0 Å². The molecular formula is C26H38N4O3. The molecule has 1 aliphatic carbocycles. The Morgan fingerprint density at radius 1 is 1.18 bits per heavy atom. The van der Waals surface area contributed by atoms with Gasteiger partial charge in [-0.15, -0.1) is 0 Å². The van der Waals surface area contributed by atoms with Gasteiger partial charge in [-0.25, -0.2) is 4.68 Å². The number of nitrogens with zero attached hydrogens (tertiary/aromatic N) is 3. The van der Waals surface area contributed by atoms with Crippen molar-refractivity contribution in [3.8, 4) is 11.4 Å². The molecule has 0 unspecified atom stereocenters. The van der Waals surface area contributed by atoms with E-state index in [0.717, 1.165) is 55.7 Å². The number of carbonyl (C=O) groups is 2. The molecule has 0 bridgehead atoms. The lowest BCUT2D eigenvalue weighted by molar-refractivity contribution is -0.140. The average Bonchev–Trinajstić information content (AvgIpc) is 3.16. The number of hydrogen-bond acceptors (Lipinski definition) is 4. The highest BCUT2D eigenvalue weighted by atomic mass is 16.5. The van der Waals surface area contributed by atoms with Gasteiger partial charge in [0.25, 0.3) is 0 Å². The maximum atomic E-state index is 13.1. The topological polar surface area (TPSA) is 76.5 Å². The minimum atomic E-state index is -0.200. The van der Waals surface area contributed by atoms with Gasteiger partial charge in [-0.1, -0.05) is 47.0 Å². The molecule has 1 fully saturated rings. The number of rotatable bonds is 10. The molecule has 0 aliphatic heterocycles. The van der Waals surface area contributed by atoms with Crippen molar-refractivity contribution >= 4 is 17.6 Å². The monoisotopic (exact) mass is 454 g/mol. The lowest BCUT2D eigenvalue weighted by Gasteiger charge is -2.31. The van der Waals surface area contributed by atoms with Gasteiger partial charge in [0.05, 0.1) is 25.0 Å². The molecule has 1 aliphatic rings. The molecule has 2 amide bonds. The molecule has 0 radical (unpaired) electrons. The summed E-state index contributed by atoms with van der Waals surface area (Å²) in [5, 5.41) is 7.78. The van der Waals surface area contributed by atoms with Crippen molar-refractivity contribution in [3.63, 3.8) is 0 Å². The first-order valence-corrected chi connectivity index (χ1v) is 12.1. The fourth-order valence-corrected chi connectivity index (χ4v) is 3.85. The normalized spacial score (nSPS) is 14.0. The molecule has 1 N–H and O–H groups in total. The number of ether oxygens (including phenoxy) is 1. The van der Waals surface area contributed by atoms with Crippen molar-refractivity contribution in [2.24, 2.45) is 5.92 Å². The molecule has 3 rings (SSSR count). The molecule has 7 nitrogen and oxygen atoms in total. The van der Waals surface area contributed by atoms with Crippen LogP contribution in [0.3, 0.4) is 0 Å². The maximum absolute atomic E-state index is 13.1. The molecule has 0 saturated heterocycles. The third kappa shape index (κ3) is 6.36. The van der Waals surface area contributed by atoms with E-state index in [1.54, 1.807) is 16.7 Å². The fourth-order valence-electron chi connectivity index (χ4n) is 3.85. The number of carbonyl (C=O) groups excluding carboxylic acids is 2. The van der Waals surface area contributed by atoms with Gasteiger partial charge < -0.3 is 15.0 Å². The van der Waals surface area contributed by atoms with E-state index in [2.05, 4.69) is 33.0 Å². The van der Waals surface area contributed by atoms with Crippen molar-refractivity contribution in [2.45, 2.75) is 71.6 Å². The second-order valence-corrected chi connectivity index (χ2v) is 9.92. The summed E-state index contributed by atoms with van der Waals surface area (Å²) in [6.45, 7) is 9.10. The van der Waals surface area contributed by atoms with E-state index in [0.29, 0.717) is 12.4 Å². The molecule has 33 heavy (non-hydrogen) atoms. The number of unbranched alkanes of at least 4 members (excludes halogenated alkanes) is 2. The van der Waals surface area contributed by atoms with E-state index >= 15 is 0 Å². The van der Waals surface area contributed by atoms with Crippen LogP contribution in [0, 0.1) is 5.92 Å². The first-order valence-electron chi connectivity index (χ1n) is 12.1. The largest absolute Gasteiger partial charge is 0.497 e. The number of aromatic nitrogens is 2. The summed E-state index contributed by atoms with van der Waals surface area (Å²) < 4.78 is 7.01. The number of anilines is 1. The van der Waals surface area contributed by atoms with Gasteiger partial charge in [0.15, 0.2) is 0 Å². The number of benzene rings is 1. The molecule has 1 aromatic carbocycles. The summed E-state index contributed by atoms with van der Waals surface area (Å²) in [6.07, 6.45) is 6.01. The summed E-state index contributed by atoms with van der Waals surface area (Å²) in [4.78, 5) is 27.7. The minimum absolute atomic E-state index is 0.0672. The third-order valence-electron chi connectivity index (χ3n) is 6.19. The zero-order valence-corrected chi connectivity index (χ0v) is 20.7. The van der Waals surface area contributed by atoms with Gasteiger partial charge >= 0.3 is 0 Å². The number of amides is 2. The van der Waals surface area contributed by atoms with Crippen molar-refractivity contribution < 1.29 is 14.3 Å². The zero-order chi connectivity index (χ0) is 24.0. The Kier molecular flexibility index (Phi) is 8.16. The van der Waals surface area contributed by atoms with Gasteiger partial charge in [0.2, 0.25) is 11.8 Å². The van der Waals surface area contributed by atoms with Gasteiger partial charge in [-0.05, 0) is 43.5 Å². The number of nitrogens with one attached hydrogen (secondary N) is 1. The maximum Gasteiger partial charge on any atom is 0.245 e. The number of hydrogen-bond donors (Lipinski definition) is 1. The van der Waals surface area contributed by atoms with Gasteiger partial charge in [0.1, 0.15) is 11.6 Å². The molecule has 1 heterocycles. The third-order valence-corrected chi connectivity index (χ3v) is 6.19. The second kappa shape index (κ2) is 10.9. The summed E-state index contributed by atoms with van der Waals surface area (Å²) in [6, 6.07) is 9.46. The minimum Gasteiger partial charge on any atom is -0.497 e. The molecule has 0 spiro atoms. The van der Waals surface area contributed by atoms with Crippen LogP contribution in [0.5, 0.6) is 5.75 Å². The SMILES string of the molecule is CCCCCN(CC(=O)Nc1cc(C(C)(C)C)nn1-c1ccc(OC)cc1)C(=O)C1CCC1. The first-order chi connectivity index (χ1) is 15.7. The second-order valence-electron chi connectivity index (χ2n) is 9.92. The van der Waals surface area contributed by atoms with E-state index < -0.39 is 0 Å². The van der Waals surface area contributed by atoms with Crippen LogP contribution < -0.4 is 10.1 Å². The van der Waals surface area contributed by atoms with E-state index in [1.807, 2.05) is 30.3 Å². The van der Waals surface area contributed by atoms with Crippen molar-refractivity contribution in [1.82, 2.24) is 14.7 Å². The zero-order valence-electron chi connectivity index (χ0n) is 20.7. The van der Waals surface area contributed by atoms with E-state index in [4.69, 9.17) is 9.84 Å². The Hall–Kier alpha value is -2.83. The van der Waals surface area contributed by atoms with Crippen LogP contribution in [0.4, 0.5) is 5.82 Å². The Bertz CT molecular complexity index is 939. The summed E-state index contributed by atoms with van der Waals surface area (Å²) in [7, 11) is 1.63. The molecule has 0 atom stereocenters. The van der Waals surface area contributed by atoms with Crippen LogP contribution in [-0.4, -0.2) is 46.7 Å². The van der Waals surface area contributed by atoms with Crippen LogP contribution in [0.1, 0.15) is 71.9 Å². The fraction of sp³-hybridized carbons (Fsp3) is 0.577. The Morgan fingerprint density at radius 3 is 2.42 bits per heavy atom. The van der Waals surface area contributed by atoms with Crippen LogP contribution in [0.15, 0.2) is 30.3 Å². The average molecular weight is 455 g/mol. The molecule has 180 valence electrons. The predicted molar refractivity (Wildman–Crippen MR) is 131 cm³/mol. The molecular weight excluding hydrogens is 416 g/mol. The lowest BCUT2D eigenvalue weighted by atomic mass is 9.84. The van der Waals surface area contributed by atoms with Gasteiger partial charge in [0, 0.05) is 23.9 Å². The predicted octanol–water partition coefficient (Wildman–Crippen LogP) is 4.94. The Morgan fingerprint density at radius 2 is 1.88 bits per heavy atom. The molecule has 2 aromatic rings. The van der Waals surface area contributed by atoms with Crippen molar-refractivity contribution in [1.29, 1.82) is 0 Å². The van der Waals surface area contributed by atoms with E-state index in [-0.39, 0.29) is 29.7 Å². The molecule has 1 aromatic heterocycles. The Balaban J connectivity index is 1.79. The van der Waals surface area contributed by atoms with E-state index in [1.165, 1.54) is 0 Å². The number of methoxy groups -OCH3 is 1. The molecule has 7 heteroatoms. The van der Waals surface area contributed by atoms with Gasteiger partial charge in [-0.2, -0.15) is 5.10 Å². The van der Waals surface area contributed by atoms with E-state index in [9.17, 15) is 9.59 Å². The van der Waals surface area contributed by atoms with Crippen LogP contribution in [-0.2, 0) is 15.0 Å². The van der Waals surface area contributed by atoms with Crippen molar-refractivity contribution in [2.75, 3.05) is 25.5 Å². The summed E-state index contributed by atoms with van der Waals surface area (Å²) in [5.41, 5.74) is 1.52. The van der Waals surface area contributed by atoms with Crippen LogP contribution in [0.25, 0.3) is 5.69 Å². The van der Waals surface area contributed by atoms with Crippen LogP contribution >= 0.6 is 0 Å². The summed E-state index contributed by atoms with van der Waals surface area (Å²) in [5.74, 6) is 1.35. The van der Waals surface area contributed by atoms with Crippen molar-refractivity contribution in [3.05, 3.63) is 36.0 Å². The first kappa shape index (κ1) is 24.8. The smallest absolute Gasteiger partial charge is 0.245 e. The highest BCUT2D eigenvalue weighted by Crippen LogP contribution is 2.29. The quantitative estimate of drug-likeness (QED) is 0.516. The van der Waals surface area contributed by atoms with Gasteiger partial charge in [-0.3, -0.25) is 9.59 Å². The molecule has 1 saturated carbocycles. The summed E-state index contributed by atoms with van der Waals surface area (Å²) >= 11 is 0. The standard InChI is InChI=1S/C26H38N4O3/c1-6-7-8-16-29(25(32)19-10-9-11-19)18-24(31)27-23-17-22(26(2,3)4)28-30(23)20-12-14-21(33-5)15-13-20/h12-15,17,19H,6-11,16,18H2,1-5H3,(H,27,31). The lowest BCUT2D eigenvalue weighted by Crippen LogP contribution is -2.43. The highest BCUT2D eigenvalue weighted by molar-refractivity contribution is 5.94. The highest BCUT2D eigenvalue weighted by Gasteiger charge is 2.30. The Labute approximate surface area is 197 Å².